The van der Waals surface area contributed by atoms with Crippen molar-refractivity contribution in [3.63, 3.8) is 0 Å². The number of rotatable bonds is 8. The Kier molecular flexibility index (Phi) is 6.12. The first-order chi connectivity index (χ1) is 15.4. The van der Waals surface area contributed by atoms with Crippen molar-refractivity contribution in [2.45, 2.75) is 44.8 Å². The van der Waals surface area contributed by atoms with E-state index in [0.717, 1.165) is 12.1 Å². The van der Waals surface area contributed by atoms with Crippen LogP contribution in [0.4, 0.5) is 11.4 Å². The van der Waals surface area contributed by atoms with E-state index in [4.69, 9.17) is 5.11 Å². The van der Waals surface area contributed by atoms with Crippen LogP contribution >= 0.6 is 0 Å². The smallest absolute Gasteiger partial charge is 0.264 e. The maximum absolute atomic E-state index is 13.1. The number of carbonyl (C=O) groups is 2. The maximum atomic E-state index is 13.1. The van der Waals surface area contributed by atoms with Gasteiger partial charge in [0, 0.05) is 63.0 Å². The third kappa shape index (κ3) is 3.82. The van der Waals surface area contributed by atoms with E-state index in [9.17, 15) is 14.7 Å². The number of fused-ring (bicyclic) bond motifs is 1. The van der Waals surface area contributed by atoms with Gasteiger partial charge in [-0.25, -0.2) is 0 Å². The number of aliphatic hydroxyl groups is 2. The Balaban J connectivity index is 1.51. The molecule has 2 N–H and O–H groups in total. The molecule has 0 spiro atoms. The molecule has 0 saturated carbocycles. The van der Waals surface area contributed by atoms with E-state index in [0.29, 0.717) is 49.3 Å². The fourth-order valence-corrected chi connectivity index (χ4v) is 4.45. The number of nitrogens with zero attached hydrogens (tertiary/aromatic N) is 5. The second kappa shape index (κ2) is 8.84. The average molecular weight is 440 g/mol. The Morgan fingerprint density at radius 1 is 1.31 bits per heavy atom. The Bertz CT molecular complexity index is 1050. The molecule has 0 radical (unpaired) electrons. The van der Waals surface area contributed by atoms with Gasteiger partial charge in [0.15, 0.2) is 5.60 Å². The molecule has 1 saturated heterocycles. The summed E-state index contributed by atoms with van der Waals surface area (Å²) in [6.07, 6.45) is 8.03. The first-order valence-corrected chi connectivity index (χ1v) is 11.0. The normalized spacial score (nSPS) is 21.8. The molecule has 9 nitrogen and oxygen atoms in total. The summed E-state index contributed by atoms with van der Waals surface area (Å²) in [6, 6.07) is 5.42. The van der Waals surface area contributed by atoms with Crippen LogP contribution in [0.3, 0.4) is 0 Å². The molecule has 1 aromatic carbocycles. The van der Waals surface area contributed by atoms with Crippen molar-refractivity contribution < 1.29 is 19.8 Å². The van der Waals surface area contributed by atoms with Crippen LogP contribution in [-0.4, -0.2) is 57.2 Å². The zero-order valence-electron chi connectivity index (χ0n) is 18.4. The summed E-state index contributed by atoms with van der Waals surface area (Å²) in [5.41, 5.74) is 0.953. The summed E-state index contributed by atoms with van der Waals surface area (Å²) in [7, 11) is 1.66. The molecule has 4 rings (SSSR count). The zero-order valence-corrected chi connectivity index (χ0v) is 18.4. The predicted molar refractivity (Wildman–Crippen MR) is 119 cm³/mol. The van der Waals surface area contributed by atoms with Crippen LogP contribution in [0.15, 0.2) is 36.5 Å². The topological polar surface area (TPSA) is 112 Å². The van der Waals surface area contributed by atoms with Crippen LogP contribution in [0.5, 0.6) is 0 Å². The summed E-state index contributed by atoms with van der Waals surface area (Å²) in [5, 5.41) is 28.6. The highest BCUT2D eigenvalue weighted by molar-refractivity contribution is 6.07. The molecule has 0 aliphatic carbocycles. The third-order valence-electron chi connectivity index (χ3n) is 6.33. The van der Waals surface area contributed by atoms with E-state index in [-0.39, 0.29) is 18.4 Å². The van der Waals surface area contributed by atoms with Crippen LogP contribution in [0.1, 0.15) is 37.4 Å². The van der Waals surface area contributed by atoms with Gasteiger partial charge < -0.3 is 20.0 Å². The highest BCUT2D eigenvalue weighted by Crippen LogP contribution is 2.46. The number of amides is 2. The van der Waals surface area contributed by atoms with E-state index in [1.54, 1.807) is 35.0 Å². The maximum Gasteiger partial charge on any atom is 0.264 e. The predicted octanol–water partition coefficient (Wildman–Crippen LogP) is 1.39. The largest absolute Gasteiger partial charge is 0.396 e. The van der Waals surface area contributed by atoms with Gasteiger partial charge in [-0.15, -0.1) is 5.10 Å². The van der Waals surface area contributed by atoms with Crippen molar-refractivity contribution >= 4 is 23.2 Å². The standard InChI is InChI=1S/C23H29N5O4/c1-16(6-3-4-11-27-15-17(10-13-29)24-25-27)23(32)19-14-18(28-12-5-7-21(28)30)8-9-20(19)26(2)22(23)31/h3,6,8-9,14-16,29,32H,4-5,7,10-13H2,1-2H3/b6-3+/t16-,23+/m1/s1. The summed E-state index contributed by atoms with van der Waals surface area (Å²) in [6.45, 7) is 3.11. The van der Waals surface area contributed by atoms with Crippen LogP contribution in [-0.2, 0) is 28.2 Å². The highest BCUT2D eigenvalue weighted by atomic mass is 16.3. The van der Waals surface area contributed by atoms with Crippen molar-refractivity contribution in [1.29, 1.82) is 0 Å². The van der Waals surface area contributed by atoms with E-state index in [1.807, 2.05) is 25.1 Å². The Morgan fingerprint density at radius 3 is 2.84 bits per heavy atom. The lowest BCUT2D eigenvalue weighted by Gasteiger charge is -2.27. The van der Waals surface area contributed by atoms with E-state index in [2.05, 4.69) is 10.3 Å². The molecule has 32 heavy (non-hydrogen) atoms. The lowest BCUT2D eigenvalue weighted by molar-refractivity contribution is -0.139. The second-order valence-electron chi connectivity index (χ2n) is 8.43. The zero-order chi connectivity index (χ0) is 22.9. The molecule has 0 unspecified atom stereocenters. The minimum atomic E-state index is -1.69. The minimum Gasteiger partial charge on any atom is -0.396 e. The fourth-order valence-electron chi connectivity index (χ4n) is 4.45. The van der Waals surface area contributed by atoms with Gasteiger partial charge in [-0.2, -0.15) is 0 Å². The number of benzene rings is 1. The molecule has 0 bridgehead atoms. The molecular weight excluding hydrogens is 410 g/mol. The van der Waals surface area contributed by atoms with Gasteiger partial charge in [0.1, 0.15) is 0 Å². The number of hydrogen-bond donors (Lipinski definition) is 2. The quantitative estimate of drug-likeness (QED) is 0.601. The van der Waals surface area contributed by atoms with Crippen LogP contribution in [0.2, 0.25) is 0 Å². The molecule has 3 heterocycles. The molecule has 2 aliphatic heterocycles. The van der Waals surface area contributed by atoms with Gasteiger partial charge in [0.25, 0.3) is 5.91 Å². The number of aliphatic hydroxyl groups excluding tert-OH is 1. The summed E-state index contributed by atoms with van der Waals surface area (Å²) in [4.78, 5) is 28.4. The van der Waals surface area contributed by atoms with Crippen LogP contribution in [0, 0.1) is 5.92 Å². The molecular formula is C23H29N5O4. The molecule has 2 atom stereocenters. The van der Waals surface area contributed by atoms with Gasteiger partial charge in [-0.05, 0) is 31.0 Å². The number of carbonyl (C=O) groups excluding carboxylic acids is 2. The van der Waals surface area contributed by atoms with Crippen molar-refractivity contribution in [3.8, 4) is 0 Å². The number of aromatic nitrogens is 3. The molecule has 2 amide bonds. The first-order valence-electron chi connectivity index (χ1n) is 11.0. The first kappa shape index (κ1) is 22.2. The molecule has 170 valence electrons. The van der Waals surface area contributed by atoms with Gasteiger partial charge in [-0.1, -0.05) is 24.3 Å². The van der Waals surface area contributed by atoms with Crippen molar-refractivity contribution in [1.82, 2.24) is 15.0 Å². The van der Waals surface area contributed by atoms with Gasteiger partial charge in [0.2, 0.25) is 5.91 Å². The minimum absolute atomic E-state index is 0.0340. The van der Waals surface area contributed by atoms with Crippen molar-refractivity contribution in [2.24, 2.45) is 5.92 Å². The number of allylic oxidation sites excluding steroid dienone is 1. The SMILES string of the molecule is C[C@H](/C=C/CCn1cc(CCO)nn1)[C@@]1(O)C(=O)N(C)c2ccc(N3CCCC3=O)cc21. The Morgan fingerprint density at radius 2 is 2.12 bits per heavy atom. The van der Waals surface area contributed by atoms with E-state index < -0.39 is 11.5 Å². The van der Waals surface area contributed by atoms with E-state index in [1.165, 1.54) is 4.90 Å². The lowest BCUT2D eigenvalue weighted by Crippen LogP contribution is -2.43. The monoisotopic (exact) mass is 439 g/mol. The Labute approximate surface area is 186 Å². The second-order valence-corrected chi connectivity index (χ2v) is 8.43. The Hall–Kier alpha value is -3.04. The van der Waals surface area contributed by atoms with E-state index >= 15 is 0 Å². The summed E-state index contributed by atoms with van der Waals surface area (Å²) in [5.74, 6) is -0.780. The molecule has 1 aromatic heterocycles. The summed E-state index contributed by atoms with van der Waals surface area (Å²) >= 11 is 0. The number of aryl methyl sites for hydroxylation is 1. The molecule has 9 heteroatoms. The van der Waals surface area contributed by atoms with Gasteiger partial charge in [0.05, 0.1) is 11.4 Å². The third-order valence-corrected chi connectivity index (χ3v) is 6.33. The average Bonchev–Trinajstić information content (AvgIpc) is 3.47. The fraction of sp³-hybridized carbons (Fsp3) is 0.478. The van der Waals surface area contributed by atoms with Crippen molar-refractivity contribution in [2.75, 3.05) is 30.0 Å². The number of likely N-dealkylation sites (N-methyl/N-ethyl adjacent to an activating group) is 1. The van der Waals surface area contributed by atoms with Gasteiger partial charge in [-0.3, -0.25) is 14.3 Å². The number of hydrogen-bond acceptors (Lipinski definition) is 6. The van der Waals surface area contributed by atoms with Crippen LogP contribution < -0.4 is 9.80 Å². The van der Waals surface area contributed by atoms with Crippen molar-refractivity contribution in [3.05, 3.63) is 47.8 Å². The summed E-state index contributed by atoms with van der Waals surface area (Å²) < 4.78 is 1.71. The molecule has 2 aliphatic rings. The molecule has 2 aromatic rings. The molecule has 1 fully saturated rings. The highest BCUT2D eigenvalue weighted by Gasteiger charge is 2.51. The van der Waals surface area contributed by atoms with Gasteiger partial charge >= 0.3 is 0 Å². The van der Waals surface area contributed by atoms with Crippen LogP contribution in [0.25, 0.3) is 0 Å². The number of anilines is 2. The lowest BCUT2D eigenvalue weighted by atomic mass is 9.82.